The normalized spacial score (nSPS) is 23.5. The number of hydrogen-bond acceptors (Lipinski definition) is 8. The highest BCUT2D eigenvalue weighted by Gasteiger charge is 2.53. The molecule has 4 heterocycles. The third-order valence-electron chi connectivity index (χ3n) is 11.2. The van der Waals surface area contributed by atoms with Crippen molar-refractivity contribution in [2.75, 3.05) is 57.8 Å². The minimum absolute atomic E-state index is 0.00415. The van der Waals surface area contributed by atoms with Crippen LogP contribution in [-0.2, 0) is 48.7 Å². The molecule has 1 aliphatic carbocycles. The quantitative estimate of drug-likeness (QED) is 0.298. The van der Waals surface area contributed by atoms with Crippen LogP contribution in [0.2, 0.25) is 0 Å². The van der Waals surface area contributed by atoms with Gasteiger partial charge < -0.3 is 29.5 Å². The number of ether oxygens (including phenoxy) is 3. The van der Waals surface area contributed by atoms with E-state index in [2.05, 4.69) is 37.4 Å². The van der Waals surface area contributed by atoms with Gasteiger partial charge in [-0.3, -0.25) is 14.5 Å². The summed E-state index contributed by atoms with van der Waals surface area (Å²) in [7, 11) is 5.34. The van der Waals surface area contributed by atoms with Crippen LogP contribution in [0.4, 0.5) is 11.5 Å². The molecule has 2 N–H and O–H groups in total. The average Bonchev–Trinajstić information content (AvgIpc) is 3.46. The van der Waals surface area contributed by atoms with Crippen molar-refractivity contribution in [2.24, 2.45) is 5.41 Å². The Labute approximate surface area is 279 Å². The van der Waals surface area contributed by atoms with Gasteiger partial charge in [0, 0.05) is 57.8 Å². The van der Waals surface area contributed by atoms with Crippen LogP contribution in [0, 0.1) is 5.41 Å². The first-order chi connectivity index (χ1) is 22.6. The van der Waals surface area contributed by atoms with Gasteiger partial charge in [-0.25, -0.2) is 4.98 Å². The van der Waals surface area contributed by atoms with Crippen molar-refractivity contribution in [1.82, 2.24) is 9.88 Å². The van der Waals surface area contributed by atoms with Gasteiger partial charge in [0.2, 0.25) is 5.91 Å². The van der Waals surface area contributed by atoms with Crippen molar-refractivity contribution in [3.8, 4) is 0 Å². The lowest BCUT2D eigenvalue weighted by molar-refractivity contribution is -0.144. The number of aryl methyl sites for hydroxylation is 2. The number of rotatable bonds is 12. The Morgan fingerprint density at radius 3 is 2.77 bits per heavy atom. The topological polar surface area (TPSA) is 113 Å². The van der Waals surface area contributed by atoms with Gasteiger partial charge >= 0.3 is 5.97 Å². The molecule has 3 atom stereocenters. The lowest BCUT2D eigenvalue weighted by Gasteiger charge is -2.34. The van der Waals surface area contributed by atoms with Crippen molar-refractivity contribution in [3.63, 3.8) is 0 Å². The SMILES string of the molecule is COCc1cc([C@@H](C(=O)O)N(C)[C@@H]2C[C@@H](OCCCCc3ccc4c(n3)NCCC4)C(C)(C)C2)c2c(c1)C1(CCOCC1)C(=O)N2C. The molecule has 0 radical (unpaired) electrons. The molecular weight excluding hydrogens is 596 g/mol. The number of benzene rings is 1. The standard InChI is InChI=1S/C37H52N4O6/c1-36(2)22-27(21-30(36)47-16-7-6-10-26-12-11-25-9-8-15-38-33(25)39-26)40(3)32(34(42)43)28-19-24(23-45-5)20-29-31(28)41(4)35(44)37(29)13-17-46-18-14-37/h11-12,19-20,27,30,32H,6-10,13-18,21-23H2,1-5H3,(H,38,39)(H,42,43)/t27-,30-,32+/m1/s1. The number of carbonyl (C=O) groups excluding carboxylic acids is 1. The van der Waals surface area contributed by atoms with Crippen molar-refractivity contribution >= 4 is 23.4 Å². The number of methoxy groups -OCH3 is 1. The third-order valence-corrected chi connectivity index (χ3v) is 11.2. The number of amides is 1. The highest BCUT2D eigenvalue weighted by atomic mass is 16.5. The summed E-state index contributed by atoms with van der Waals surface area (Å²) in [6, 6.07) is 7.43. The fourth-order valence-corrected chi connectivity index (χ4v) is 8.53. The zero-order valence-corrected chi connectivity index (χ0v) is 28.8. The van der Waals surface area contributed by atoms with Crippen LogP contribution in [0.5, 0.6) is 0 Å². The number of nitrogens with zero attached hydrogens (tertiary/aromatic N) is 3. The number of carbonyl (C=O) groups is 2. The lowest BCUT2D eigenvalue weighted by atomic mass is 9.74. The number of nitrogens with one attached hydrogen (secondary N) is 1. The van der Waals surface area contributed by atoms with Gasteiger partial charge in [0.25, 0.3) is 0 Å². The van der Waals surface area contributed by atoms with Crippen molar-refractivity contribution in [2.45, 2.75) is 102 Å². The van der Waals surface area contributed by atoms with Gasteiger partial charge in [0.1, 0.15) is 11.9 Å². The fourth-order valence-electron chi connectivity index (χ4n) is 8.53. The number of carboxylic acids is 1. The van der Waals surface area contributed by atoms with Crippen LogP contribution in [-0.4, -0.2) is 86.6 Å². The highest BCUT2D eigenvalue weighted by molar-refractivity contribution is 6.09. The molecule has 2 fully saturated rings. The molecule has 1 aromatic carbocycles. The van der Waals surface area contributed by atoms with E-state index in [4.69, 9.17) is 19.2 Å². The highest BCUT2D eigenvalue weighted by Crippen LogP contribution is 2.52. The summed E-state index contributed by atoms with van der Waals surface area (Å²) in [4.78, 5) is 35.5. The first-order valence-electron chi connectivity index (χ1n) is 17.4. The van der Waals surface area contributed by atoms with E-state index in [0.717, 1.165) is 79.8 Å². The van der Waals surface area contributed by atoms with Crippen LogP contribution in [0.3, 0.4) is 0 Å². The Morgan fingerprint density at radius 2 is 2.02 bits per heavy atom. The zero-order valence-electron chi connectivity index (χ0n) is 28.8. The molecule has 1 saturated carbocycles. The van der Waals surface area contributed by atoms with E-state index in [0.29, 0.717) is 44.8 Å². The minimum atomic E-state index is -0.927. The van der Waals surface area contributed by atoms with E-state index in [1.54, 1.807) is 19.1 Å². The lowest BCUT2D eigenvalue weighted by Crippen LogP contribution is -2.43. The summed E-state index contributed by atoms with van der Waals surface area (Å²) in [6.45, 7) is 7.47. The van der Waals surface area contributed by atoms with E-state index in [9.17, 15) is 14.7 Å². The Kier molecular flexibility index (Phi) is 9.95. The number of aromatic nitrogens is 1. The van der Waals surface area contributed by atoms with Gasteiger partial charge in [0.15, 0.2) is 0 Å². The summed E-state index contributed by atoms with van der Waals surface area (Å²) < 4.78 is 17.7. The predicted octanol–water partition coefficient (Wildman–Crippen LogP) is 5.26. The number of unbranched alkanes of at least 4 members (excludes halogenated alkanes) is 1. The molecule has 1 amide bonds. The number of fused-ring (bicyclic) bond motifs is 3. The van der Waals surface area contributed by atoms with Crippen molar-refractivity contribution in [1.29, 1.82) is 0 Å². The molecule has 0 unspecified atom stereocenters. The molecule has 256 valence electrons. The van der Waals surface area contributed by atoms with Crippen LogP contribution in [0.1, 0.15) is 92.8 Å². The number of carboxylic acid groups (broad SMARTS) is 1. The van der Waals surface area contributed by atoms with Gasteiger partial charge in [0.05, 0.1) is 23.8 Å². The first kappa shape index (κ1) is 33.8. The van der Waals surface area contributed by atoms with E-state index in [1.807, 2.05) is 18.0 Å². The molecule has 1 spiro atoms. The molecule has 3 aliphatic heterocycles. The predicted molar refractivity (Wildman–Crippen MR) is 181 cm³/mol. The molecule has 4 aliphatic rings. The van der Waals surface area contributed by atoms with Crippen molar-refractivity contribution < 1.29 is 28.9 Å². The zero-order chi connectivity index (χ0) is 33.3. The van der Waals surface area contributed by atoms with E-state index >= 15 is 0 Å². The summed E-state index contributed by atoms with van der Waals surface area (Å²) >= 11 is 0. The second kappa shape index (κ2) is 13.8. The fraction of sp³-hybridized carbons (Fsp3) is 0.649. The van der Waals surface area contributed by atoms with Crippen LogP contribution in [0.25, 0.3) is 0 Å². The van der Waals surface area contributed by atoms with Gasteiger partial charge in [-0.15, -0.1) is 0 Å². The molecule has 1 aromatic heterocycles. The summed E-state index contributed by atoms with van der Waals surface area (Å²) in [5, 5.41) is 14.2. The molecule has 1 saturated heterocycles. The molecule has 2 aromatic rings. The number of hydrogen-bond donors (Lipinski definition) is 2. The number of likely N-dealkylation sites (N-methyl/N-ethyl adjacent to an activating group) is 2. The monoisotopic (exact) mass is 648 g/mol. The maximum atomic E-state index is 13.8. The average molecular weight is 649 g/mol. The Morgan fingerprint density at radius 1 is 1.23 bits per heavy atom. The van der Waals surface area contributed by atoms with Gasteiger partial charge in [-0.1, -0.05) is 26.0 Å². The van der Waals surface area contributed by atoms with Crippen LogP contribution < -0.4 is 10.2 Å². The Balaban J connectivity index is 1.15. The third kappa shape index (κ3) is 6.54. The van der Waals surface area contributed by atoms with E-state index in [-0.39, 0.29) is 23.5 Å². The summed E-state index contributed by atoms with van der Waals surface area (Å²) in [6.07, 6.45) is 7.91. The van der Waals surface area contributed by atoms with Gasteiger partial charge in [-0.2, -0.15) is 0 Å². The summed E-state index contributed by atoms with van der Waals surface area (Å²) in [5.41, 5.74) is 4.80. The van der Waals surface area contributed by atoms with Crippen molar-refractivity contribution in [3.05, 3.63) is 52.2 Å². The summed E-state index contributed by atoms with van der Waals surface area (Å²) in [5.74, 6) is 0.142. The maximum absolute atomic E-state index is 13.8. The smallest absolute Gasteiger partial charge is 0.325 e. The number of aliphatic carboxylic acids is 1. The second-order valence-corrected chi connectivity index (χ2v) is 14.7. The van der Waals surface area contributed by atoms with E-state index < -0.39 is 17.4 Å². The number of pyridine rings is 1. The van der Waals surface area contributed by atoms with Gasteiger partial charge in [-0.05, 0) is 99.1 Å². The van der Waals surface area contributed by atoms with Crippen LogP contribution >= 0.6 is 0 Å². The minimum Gasteiger partial charge on any atom is -0.480 e. The van der Waals surface area contributed by atoms with Crippen LogP contribution in [0.15, 0.2) is 24.3 Å². The Hall–Kier alpha value is -3.05. The number of anilines is 2. The molecule has 0 bridgehead atoms. The second-order valence-electron chi connectivity index (χ2n) is 14.7. The first-order valence-corrected chi connectivity index (χ1v) is 17.4. The molecule has 47 heavy (non-hydrogen) atoms. The molecule has 10 heteroatoms. The largest absolute Gasteiger partial charge is 0.480 e. The molecule has 6 rings (SSSR count). The Bertz CT molecular complexity index is 1470. The maximum Gasteiger partial charge on any atom is 0.325 e. The van der Waals surface area contributed by atoms with E-state index in [1.165, 1.54) is 5.56 Å². The molecule has 10 nitrogen and oxygen atoms in total. The molecular formula is C37H52N4O6.